The van der Waals surface area contributed by atoms with Crippen LogP contribution in [0.15, 0.2) is 22.7 Å². The van der Waals surface area contributed by atoms with E-state index in [0.29, 0.717) is 11.6 Å². The number of hydrogen-bond donors (Lipinski definition) is 1. The van der Waals surface area contributed by atoms with Gasteiger partial charge in [0.15, 0.2) is 0 Å². The van der Waals surface area contributed by atoms with Crippen molar-refractivity contribution in [1.82, 2.24) is 10.1 Å². The molecule has 0 saturated carbocycles. The van der Waals surface area contributed by atoms with Gasteiger partial charge < -0.3 is 14.0 Å². The summed E-state index contributed by atoms with van der Waals surface area (Å²) in [4.78, 5) is 27.5. The van der Waals surface area contributed by atoms with Gasteiger partial charge in [0.05, 0.1) is 19.8 Å². The monoisotopic (exact) mass is 291 g/mol. The van der Waals surface area contributed by atoms with Crippen molar-refractivity contribution in [1.29, 1.82) is 0 Å². The fourth-order valence-electron chi connectivity index (χ4n) is 1.61. The third kappa shape index (κ3) is 3.35. The molecule has 0 aliphatic heterocycles. The van der Waals surface area contributed by atoms with Crippen LogP contribution in [0.25, 0.3) is 0 Å². The molecule has 0 radical (unpaired) electrons. The molecule has 2 rings (SSSR count). The maximum atomic E-state index is 12.1. The second kappa shape index (κ2) is 6.04. The number of anilines is 1. The van der Waals surface area contributed by atoms with E-state index in [-0.39, 0.29) is 17.1 Å². The normalized spacial score (nSPS) is 10.0. The van der Waals surface area contributed by atoms with E-state index in [9.17, 15) is 9.59 Å². The number of esters is 1. The van der Waals surface area contributed by atoms with Crippen LogP contribution < -0.4 is 10.1 Å². The Morgan fingerprint density at radius 2 is 1.90 bits per heavy atom. The minimum Gasteiger partial charge on any atom is -0.497 e. The zero-order chi connectivity index (χ0) is 15.4. The molecule has 0 spiro atoms. The molecule has 1 amide bonds. The van der Waals surface area contributed by atoms with E-state index in [1.807, 2.05) is 0 Å². The molecule has 0 fully saturated rings. The third-order valence-electron chi connectivity index (χ3n) is 2.58. The highest BCUT2D eigenvalue weighted by atomic mass is 16.5. The molecule has 1 heterocycles. The first-order chi connectivity index (χ1) is 10.0. The molecular formula is C13H13N3O5. The van der Waals surface area contributed by atoms with Gasteiger partial charge >= 0.3 is 5.97 Å². The molecule has 0 unspecified atom stereocenters. The Labute approximate surface area is 120 Å². The van der Waals surface area contributed by atoms with Crippen LogP contribution in [0.2, 0.25) is 0 Å². The number of benzene rings is 1. The molecular weight excluding hydrogens is 278 g/mol. The fraction of sp³-hybridized carbons (Fsp3) is 0.231. The van der Waals surface area contributed by atoms with Gasteiger partial charge in [-0.15, -0.1) is 0 Å². The van der Waals surface area contributed by atoms with Crippen molar-refractivity contribution in [2.24, 2.45) is 0 Å². The predicted molar refractivity (Wildman–Crippen MR) is 71.3 cm³/mol. The number of methoxy groups -OCH3 is 2. The van der Waals surface area contributed by atoms with Crippen molar-refractivity contribution >= 4 is 17.8 Å². The Morgan fingerprint density at radius 3 is 2.48 bits per heavy atom. The van der Waals surface area contributed by atoms with Crippen LogP contribution in [0.3, 0.4) is 0 Å². The van der Waals surface area contributed by atoms with Crippen molar-refractivity contribution in [2.75, 3.05) is 19.5 Å². The van der Waals surface area contributed by atoms with Crippen molar-refractivity contribution in [3.05, 3.63) is 35.2 Å². The molecule has 1 aromatic heterocycles. The van der Waals surface area contributed by atoms with E-state index in [1.165, 1.54) is 32.4 Å². The van der Waals surface area contributed by atoms with Crippen LogP contribution in [-0.4, -0.2) is 36.2 Å². The lowest BCUT2D eigenvalue weighted by Gasteiger charge is -2.07. The minimum atomic E-state index is -0.571. The highest BCUT2D eigenvalue weighted by Gasteiger charge is 2.15. The Balaban J connectivity index is 2.29. The number of aromatic nitrogens is 2. The van der Waals surface area contributed by atoms with E-state index in [2.05, 4.69) is 20.2 Å². The van der Waals surface area contributed by atoms with Gasteiger partial charge in [0.25, 0.3) is 11.9 Å². The van der Waals surface area contributed by atoms with Crippen molar-refractivity contribution in [3.63, 3.8) is 0 Å². The van der Waals surface area contributed by atoms with E-state index in [4.69, 9.17) is 9.26 Å². The largest absolute Gasteiger partial charge is 0.497 e. The van der Waals surface area contributed by atoms with Crippen LogP contribution in [0.1, 0.15) is 26.6 Å². The molecule has 1 aromatic carbocycles. The van der Waals surface area contributed by atoms with Gasteiger partial charge in [-0.25, -0.2) is 4.79 Å². The molecule has 110 valence electrons. The lowest BCUT2D eigenvalue weighted by Crippen LogP contribution is -2.14. The summed E-state index contributed by atoms with van der Waals surface area (Å²) in [6.07, 6.45) is 0. The van der Waals surface area contributed by atoms with Crippen LogP contribution in [0.4, 0.5) is 5.95 Å². The minimum absolute atomic E-state index is 0.0416. The highest BCUT2D eigenvalue weighted by Crippen LogP contribution is 2.18. The molecule has 0 aliphatic rings. The molecule has 0 aliphatic carbocycles. The topological polar surface area (TPSA) is 104 Å². The predicted octanol–water partition coefficient (Wildman–Crippen LogP) is 1.43. The summed E-state index contributed by atoms with van der Waals surface area (Å²) in [5, 5.41) is 6.01. The maximum absolute atomic E-state index is 12.1. The van der Waals surface area contributed by atoms with Crippen LogP contribution in [0, 0.1) is 6.92 Å². The Kier molecular flexibility index (Phi) is 4.17. The third-order valence-corrected chi connectivity index (χ3v) is 2.58. The average Bonchev–Trinajstić information content (AvgIpc) is 2.90. The number of aryl methyl sites for hydroxylation is 1. The fourth-order valence-corrected chi connectivity index (χ4v) is 1.61. The first-order valence-corrected chi connectivity index (χ1v) is 5.92. The lowest BCUT2D eigenvalue weighted by molar-refractivity contribution is 0.0600. The molecule has 21 heavy (non-hydrogen) atoms. The van der Waals surface area contributed by atoms with Crippen molar-refractivity contribution < 1.29 is 23.6 Å². The number of carbonyl (C=O) groups is 2. The first-order valence-electron chi connectivity index (χ1n) is 5.92. The summed E-state index contributed by atoms with van der Waals surface area (Å²) in [6.45, 7) is 1.60. The van der Waals surface area contributed by atoms with Gasteiger partial charge in [-0.2, -0.15) is 4.98 Å². The van der Waals surface area contributed by atoms with Crippen LogP contribution in [-0.2, 0) is 4.74 Å². The zero-order valence-corrected chi connectivity index (χ0v) is 11.7. The molecule has 0 saturated heterocycles. The summed E-state index contributed by atoms with van der Waals surface area (Å²) in [5.41, 5.74) is 0.406. The molecule has 8 nitrogen and oxygen atoms in total. The smallest absolute Gasteiger partial charge is 0.338 e. The number of carbonyl (C=O) groups excluding carboxylic acids is 2. The van der Waals surface area contributed by atoms with Crippen LogP contribution in [0.5, 0.6) is 5.75 Å². The molecule has 0 bridgehead atoms. The summed E-state index contributed by atoms with van der Waals surface area (Å²) in [5.74, 6) is -0.350. The van der Waals surface area contributed by atoms with E-state index in [1.54, 1.807) is 6.92 Å². The van der Waals surface area contributed by atoms with Gasteiger partial charge in [0.2, 0.25) is 5.89 Å². The van der Waals surface area contributed by atoms with E-state index in [0.717, 1.165) is 0 Å². The summed E-state index contributed by atoms with van der Waals surface area (Å²) in [7, 11) is 2.68. The zero-order valence-electron chi connectivity index (χ0n) is 11.7. The van der Waals surface area contributed by atoms with Gasteiger partial charge in [-0.3, -0.25) is 10.1 Å². The molecule has 1 N–H and O–H groups in total. The Morgan fingerprint density at radius 1 is 1.19 bits per heavy atom. The van der Waals surface area contributed by atoms with Crippen molar-refractivity contribution in [3.8, 4) is 5.75 Å². The lowest BCUT2D eigenvalue weighted by atomic mass is 10.1. The summed E-state index contributed by atoms with van der Waals surface area (Å²) >= 11 is 0. The Bertz CT molecular complexity index is 680. The highest BCUT2D eigenvalue weighted by molar-refractivity contribution is 6.05. The van der Waals surface area contributed by atoms with E-state index < -0.39 is 11.9 Å². The molecule has 0 atom stereocenters. The molecule has 2 aromatic rings. The number of nitrogens with zero attached hydrogens (tertiary/aromatic N) is 2. The number of ether oxygens (including phenoxy) is 2. The number of rotatable bonds is 4. The summed E-state index contributed by atoms with van der Waals surface area (Å²) < 4.78 is 14.4. The second-order valence-corrected chi connectivity index (χ2v) is 4.03. The quantitative estimate of drug-likeness (QED) is 0.849. The number of amides is 1. The van der Waals surface area contributed by atoms with E-state index >= 15 is 0 Å². The van der Waals surface area contributed by atoms with Gasteiger partial charge in [0.1, 0.15) is 5.75 Å². The van der Waals surface area contributed by atoms with Gasteiger partial charge in [0, 0.05) is 12.5 Å². The summed E-state index contributed by atoms with van der Waals surface area (Å²) in [6, 6.07) is 4.34. The SMILES string of the molecule is COC(=O)c1cc(OC)cc(C(=O)Nc2noc(C)n2)c1. The maximum Gasteiger partial charge on any atom is 0.338 e. The average molecular weight is 291 g/mol. The van der Waals surface area contributed by atoms with Gasteiger partial charge in [-0.05, 0) is 23.4 Å². The standard InChI is InChI=1S/C13H13N3O5/c1-7-14-13(16-21-7)15-11(17)8-4-9(12(18)20-3)6-10(5-8)19-2/h4-6H,1-3H3,(H,15,16,17). The molecule has 8 heteroatoms. The Hall–Kier alpha value is -2.90. The number of nitrogens with one attached hydrogen (secondary N) is 1. The van der Waals surface area contributed by atoms with Crippen molar-refractivity contribution in [2.45, 2.75) is 6.92 Å². The van der Waals surface area contributed by atoms with Gasteiger partial charge in [-0.1, -0.05) is 0 Å². The second-order valence-electron chi connectivity index (χ2n) is 4.03. The van der Waals surface area contributed by atoms with Crippen LogP contribution >= 0.6 is 0 Å². The first kappa shape index (κ1) is 14.5. The number of hydrogen-bond acceptors (Lipinski definition) is 7.